The molecule has 0 radical (unpaired) electrons. The highest BCUT2D eigenvalue weighted by Gasteiger charge is 2.27. The van der Waals surface area contributed by atoms with Crippen LogP contribution in [0.4, 0.5) is 8.78 Å². The van der Waals surface area contributed by atoms with Crippen molar-refractivity contribution in [3.63, 3.8) is 0 Å². The smallest absolute Gasteiger partial charge is 0.249 e. The molecule has 1 aromatic heterocycles. The molecule has 0 saturated carbocycles. The number of nitrogens with zero attached hydrogens (tertiary/aromatic N) is 1. The number of nitrogens with one attached hydrogen (secondary N) is 2. The number of carbonyl (C=O) groups is 1. The van der Waals surface area contributed by atoms with Crippen molar-refractivity contribution >= 4 is 5.91 Å². The van der Waals surface area contributed by atoms with E-state index in [9.17, 15) is 13.6 Å². The van der Waals surface area contributed by atoms with E-state index < -0.39 is 11.6 Å². The molecule has 6 nitrogen and oxygen atoms in total. The van der Waals surface area contributed by atoms with Gasteiger partial charge in [0.25, 0.3) is 0 Å². The van der Waals surface area contributed by atoms with Crippen molar-refractivity contribution < 1.29 is 23.0 Å². The molecule has 0 bridgehead atoms. The predicted octanol–water partition coefficient (Wildman–Crippen LogP) is 2.61. The molecule has 2 unspecified atom stereocenters. The maximum atomic E-state index is 12.5. The Kier molecular flexibility index (Phi) is 7.53. The molecule has 26 heavy (non-hydrogen) atoms. The minimum absolute atomic E-state index is 0.00379. The maximum Gasteiger partial charge on any atom is 0.249 e. The summed E-state index contributed by atoms with van der Waals surface area (Å²) in [7, 11) is 1.29. The SMILES string of the molecule is CC1CCC(C(=O)NCCc2ncc[nH]2)O1.COc1cccc(F)c1F. The molecule has 2 N–H and O–H groups in total. The van der Waals surface area contributed by atoms with Gasteiger partial charge in [0.2, 0.25) is 11.7 Å². The fourth-order valence-electron chi connectivity index (χ4n) is 2.49. The van der Waals surface area contributed by atoms with Crippen molar-refractivity contribution in [3.05, 3.63) is 48.1 Å². The minimum Gasteiger partial charge on any atom is -0.494 e. The lowest BCUT2D eigenvalue weighted by Crippen LogP contribution is -2.35. The summed E-state index contributed by atoms with van der Waals surface area (Å²) in [5.41, 5.74) is 0. The third-order valence-corrected chi connectivity index (χ3v) is 3.88. The highest BCUT2D eigenvalue weighted by molar-refractivity contribution is 5.80. The average molecular weight is 367 g/mol. The van der Waals surface area contributed by atoms with Gasteiger partial charge in [-0.2, -0.15) is 4.39 Å². The molecule has 2 atom stereocenters. The number of imidazole rings is 1. The Bertz CT molecular complexity index is 695. The van der Waals surface area contributed by atoms with E-state index in [0.717, 1.165) is 31.2 Å². The first-order valence-electron chi connectivity index (χ1n) is 8.40. The van der Waals surface area contributed by atoms with Gasteiger partial charge in [0.15, 0.2) is 11.6 Å². The van der Waals surface area contributed by atoms with Gasteiger partial charge in [-0.1, -0.05) is 6.07 Å². The van der Waals surface area contributed by atoms with Crippen LogP contribution in [0.5, 0.6) is 5.75 Å². The number of carbonyl (C=O) groups excluding carboxylic acids is 1. The number of aromatic nitrogens is 2. The second kappa shape index (κ2) is 9.86. The van der Waals surface area contributed by atoms with Crippen molar-refractivity contribution in [2.24, 2.45) is 0 Å². The van der Waals surface area contributed by atoms with E-state index in [1.165, 1.54) is 19.2 Å². The zero-order valence-electron chi connectivity index (χ0n) is 14.8. The van der Waals surface area contributed by atoms with E-state index in [2.05, 4.69) is 20.0 Å². The van der Waals surface area contributed by atoms with E-state index >= 15 is 0 Å². The zero-order valence-corrected chi connectivity index (χ0v) is 14.8. The van der Waals surface area contributed by atoms with Gasteiger partial charge < -0.3 is 19.8 Å². The molecule has 0 spiro atoms. The summed E-state index contributed by atoms with van der Waals surface area (Å²) in [6, 6.07) is 3.79. The Balaban J connectivity index is 0.000000209. The number of aromatic amines is 1. The van der Waals surface area contributed by atoms with E-state index in [1.54, 1.807) is 12.4 Å². The van der Waals surface area contributed by atoms with E-state index in [4.69, 9.17) is 4.74 Å². The van der Waals surface area contributed by atoms with Gasteiger partial charge in [0.05, 0.1) is 13.2 Å². The first-order valence-corrected chi connectivity index (χ1v) is 8.40. The fourth-order valence-corrected chi connectivity index (χ4v) is 2.49. The van der Waals surface area contributed by atoms with Crippen LogP contribution < -0.4 is 10.1 Å². The van der Waals surface area contributed by atoms with Crippen molar-refractivity contribution in [3.8, 4) is 5.75 Å². The number of ether oxygens (including phenoxy) is 2. The largest absolute Gasteiger partial charge is 0.494 e. The highest BCUT2D eigenvalue weighted by Crippen LogP contribution is 2.19. The molecule has 1 saturated heterocycles. The van der Waals surface area contributed by atoms with Crippen molar-refractivity contribution in [1.82, 2.24) is 15.3 Å². The van der Waals surface area contributed by atoms with Crippen LogP contribution in [0, 0.1) is 11.6 Å². The van der Waals surface area contributed by atoms with Crippen molar-refractivity contribution in [1.29, 1.82) is 0 Å². The molecule has 1 fully saturated rings. The van der Waals surface area contributed by atoms with Gasteiger partial charge >= 0.3 is 0 Å². The number of methoxy groups -OCH3 is 1. The molecule has 0 aliphatic carbocycles. The summed E-state index contributed by atoms with van der Waals surface area (Å²) < 4.78 is 34.8. The van der Waals surface area contributed by atoms with Crippen LogP contribution in [-0.2, 0) is 16.0 Å². The lowest BCUT2D eigenvalue weighted by molar-refractivity contribution is -0.131. The summed E-state index contributed by atoms with van der Waals surface area (Å²) in [5.74, 6) is -1.01. The van der Waals surface area contributed by atoms with Crippen LogP contribution in [0.15, 0.2) is 30.6 Å². The van der Waals surface area contributed by atoms with Gasteiger partial charge in [-0.25, -0.2) is 9.37 Å². The molecule has 1 aromatic carbocycles. The number of halogens is 2. The second-order valence-corrected chi connectivity index (χ2v) is 5.85. The van der Waals surface area contributed by atoms with Gasteiger partial charge in [0.1, 0.15) is 11.9 Å². The summed E-state index contributed by atoms with van der Waals surface area (Å²) in [4.78, 5) is 18.7. The average Bonchev–Trinajstić information content (AvgIpc) is 3.29. The van der Waals surface area contributed by atoms with E-state index in [-0.39, 0.29) is 23.9 Å². The van der Waals surface area contributed by atoms with Crippen LogP contribution in [0.3, 0.4) is 0 Å². The molecular formula is C18H23F2N3O3. The Morgan fingerprint density at radius 1 is 1.42 bits per heavy atom. The standard InChI is InChI=1S/C11H17N3O2.C7H6F2O/c1-8-2-3-9(16-8)11(15)14-5-4-10-12-6-7-13-10;1-10-6-4-2-3-5(8)7(6)9/h6-9H,2-5H2,1H3,(H,12,13)(H,14,15);2-4H,1H3. The molecule has 1 aliphatic heterocycles. The monoisotopic (exact) mass is 367 g/mol. The van der Waals surface area contributed by atoms with Gasteiger partial charge in [-0.15, -0.1) is 0 Å². The van der Waals surface area contributed by atoms with E-state index in [0.29, 0.717) is 6.54 Å². The van der Waals surface area contributed by atoms with E-state index in [1.807, 2.05) is 6.92 Å². The summed E-state index contributed by atoms with van der Waals surface area (Å²) in [6.45, 7) is 2.59. The number of H-pyrrole nitrogens is 1. The number of hydrogen-bond donors (Lipinski definition) is 2. The van der Waals surface area contributed by atoms with Gasteiger partial charge in [0, 0.05) is 25.4 Å². The summed E-state index contributed by atoms with van der Waals surface area (Å²) in [6.07, 6.45) is 5.95. The molecule has 1 amide bonds. The lowest BCUT2D eigenvalue weighted by atomic mass is 10.2. The number of benzene rings is 1. The number of hydrogen-bond acceptors (Lipinski definition) is 4. The molecular weight excluding hydrogens is 344 g/mol. The molecule has 142 valence electrons. The van der Waals surface area contributed by atoms with Crippen molar-refractivity contribution in [2.75, 3.05) is 13.7 Å². The second-order valence-electron chi connectivity index (χ2n) is 5.85. The Morgan fingerprint density at radius 2 is 2.23 bits per heavy atom. The highest BCUT2D eigenvalue weighted by atomic mass is 19.2. The first kappa shape index (κ1) is 19.8. The first-order chi connectivity index (χ1) is 12.5. The van der Waals surface area contributed by atoms with Crippen LogP contribution in [0.25, 0.3) is 0 Å². The summed E-state index contributed by atoms with van der Waals surface area (Å²) in [5, 5.41) is 2.86. The third-order valence-electron chi connectivity index (χ3n) is 3.88. The maximum absolute atomic E-state index is 12.5. The molecule has 3 rings (SSSR count). The Labute approximate surface area is 150 Å². The van der Waals surface area contributed by atoms with Crippen LogP contribution >= 0.6 is 0 Å². The number of amides is 1. The topological polar surface area (TPSA) is 76.2 Å². The quantitative estimate of drug-likeness (QED) is 0.852. The van der Waals surface area contributed by atoms with Gasteiger partial charge in [-0.3, -0.25) is 4.79 Å². The number of rotatable bonds is 5. The van der Waals surface area contributed by atoms with Crippen LogP contribution in [0.1, 0.15) is 25.6 Å². The predicted molar refractivity (Wildman–Crippen MR) is 91.8 cm³/mol. The van der Waals surface area contributed by atoms with Crippen LogP contribution in [-0.4, -0.2) is 41.7 Å². The Morgan fingerprint density at radius 3 is 2.81 bits per heavy atom. The van der Waals surface area contributed by atoms with Gasteiger partial charge in [-0.05, 0) is 31.9 Å². The third kappa shape index (κ3) is 5.80. The van der Waals surface area contributed by atoms with Crippen molar-refractivity contribution in [2.45, 2.75) is 38.4 Å². The van der Waals surface area contributed by atoms with Crippen LogP contribution in [0.2, 0.25) is 0 Å². The normalized spacial score (nSPS) is 18.8. The fraction of sp³-hybridized carbons (Fsp3) is 0.444. The Hall–Kier alpha value is -2.48. The molecule has 2 heterocycles. The summed E-state index contributed by atoms with van der Waals surface area (Å²) >= 11 is 0. The zero-order chi connectivity index (χ0) is 18.9. The minimum atomic E-state index is -0.940. The lowest BCUT2D eigenvalue weighted by Gasteiger charge is -2.10. The molecule has 2 aromatic rings. The molecule has 8 heteroatoms. The molecule has 1 aliphatic rings.